The fraction of sp³-hybridized carbons (Fsp3) is 0.0690. The van der Waals surface area contributed by atoms with Gasteiger partial charge in [-0.15, -0.1) is 0 Å². The van der Waals surface area contributed by atoms with Crippen LogP contribution in [0.25, 0.3) is 33.4 Å². The molecule has 0 bridgehead atoms. The van der Waals surface area contributed by atoms with E-state index in [0.29, 0.717) is 34.4 Å². The fourth-order valence-corrected chi connectivity index (χ4v) is 4.32. The number of aryl methyl sites for hydroxylation is 1. The average molecular weight is 492 g/mol. The Morgan fingerprint density at radius 2 is 1.73 bits per heavy atom. The van der Waals surface area contributed by atoms with Crippen molar-refractivity contribution in [2.24, 2.45) is 7.05 Å². The van der Waals surface area contributed by atoms with E-state index in [1.165, 1.54) is 12.4 Å². The number of para-hydroxylation sites is 1. The molecule has 2 heterocycles. The standard InChI is InChI=1S/C29H25N5O3/c1-4-24(35)33-20-13-10-18(11-14-20)27-25(26-28(30)31-17-32-29(26)34(27)2)19-12-15-22(23(16-19)36-3)37-21-8-6-5-7-9-21/h4-17H,1H2,2-3H3,(H,33,35)(H2,30,31,32). The van der Waals surface area contributed by atoms with Gasteiger partial charge >= 0.3 is 0 Å². The first-order valence-electron chi connectivity index (χ1n) is 11.5. The topological polar surface area (TPSA) is 104 Å². The molecule has 184 valence electrons. The zero-order valence-corrected chi connectivity index (χ0v) is 20.4. The van der Waals surface area contributed by atoms with Gasteiger partial charge in [0.15, 0.2) is 11.5 Å². The number of carbonyl (C=O) groups excluding carboxylic acids is 1. The van der Waals surface area contributed by atoms with E-state index in [1.807, 2.05) is 84.4 Å². The van der Waals surface area contributed by atoms with E-state index in [-0.39, 0.29) is 5.91 Å². The number of nitrogens with zero attached hydrogens (tertiary/aromatic N) is 3. The summed E-state index contributed by atoms with van der Waals surface area (Å²) >= 11 is 0. The molecule has 1 amide bonds. The van der Waals surface area contributed by atoms with E-state index < -0.39 is 0 Å². The van der Waals surface area contributed by atoms with Gasteiger partial charge in [-0.25, -0.2) is 9.97 Å². The number of ether oxygens (including phenoxy) is 2. The number of amides is 1. The summed E-state index contributed by atoms with van der Waals surface area (Å²) in [6.45, 7) is 3.50. The van der Waals surface area contributed by atoms with Crippen LogP contribution in [-0.4, -0.2) is 27.6 Å². The van der Waals surface area contributed by atoms with Crippen molar-refractivity contribution in [3.05, 3.63) is 91.8 Å². The van der Waals surface area contributed by atoms with Crippen molar-refractivity contribution in [2.75, 3.05) is 18.2 Å². The van der Waals surface area contributed by atoms with E-state index in [4.69, 9.17) is 15.2 Å². The number of aromatic nitrogens is 3. The maximum absolute atomic E-state index is 11.7. The summed E-state index contributed by atoms with van der Waals surface area (Å²) in [4.78, 5) is 20.5. The van der Waals surface area contributed by atoms with Gasteiger partial charge in [-0.2, -0.15) is 0 Å². The highest BCUT2D eigenvalue weighted by Gasteiger charge is 2.23. The molecule has 5 aromatic rings. The maximum atomic E-state index is 11.7. The summed E-state index contributed by atoms with van der Waals surface area (Å²) in [6, 6.07) is 22.8. The summed E-state index contributed by atoms with van der Waals surface area (Å²) in [5.74, 6) is 1.97. The van der Waals surface area contributed by atoms with Crippen LogP contribution >= 0.6 is 0 Å². The highest BCUT2D eigenvalue weighted by Crippen LogP contribution is 2.44. The summed E-state index contributed by atoms with van der Waals surface area (Å²) in [7, 11) is 3.54. The van der Waals surface area contributed by atoms with E-state index in [1.54, 1.807) is 7.11 Å². The first kappa shape index (κ1) is 23.6. The van der Waals surface area contributed by atoms with Crippen molar-refractivity contribution in [3.8, 4) is 39.6 Å². The van der Waals surface area contributed by atoms with Gasteiger partial charge in [0.25, 0.3) is 0 Å². The van der Waals surface area contributed by atoms with Crippen LogP contribution in [0.15, 0.2) is 91.8 Å². The predicted molar refractivity (Wildman–Crippen MR) is 146 cm³/mol. The second-order valence-electron chi connectivity index (χ2n) is 8.29. The second-order valence-corrected chi connectivity index (χ2v) is 8.29. The minimum absolute atomic E-state index is 0.272. The molecule has 5 rings (SSSR count). The number of rotatable bonds is 7. The lowest BCUT2D eigenvalue weighted by Crippen LogP contribution is -2.06. The van der Waals surface area contributed by atoms with Crippen LogP contribution in [0.5, 0.6) is 17.2 Å². The molecular formula is C29H25N5O3. The van der Waals surface area contributed by atoms with Crippen molar-refractivity contribution in [2.45, 2.75) is 0 Å². The molecule has 0 aliphatic heterocycles. The highest BCUT2D eigenvalue weighted by atomic mass is 16.5. The van der Waals surface area contributed by atoms with Crippen molar-refractivity contribution in [1.82, 2.24) is 14.5 Å². The first-order chi connectivity index (χ1) is 18.0. The Bertz CT molecular complexity index is 1610. The van der Waals surface area contributed by atoms with Crippen molar-refractivity contribution in [1.29, 1.82) is 0 Å². The molecule has 3 N–H and O–H groups in total. The molecule has 0 radical (unpaired) electrons. The zero-order chi connectivity index (χ0) is 25.9. The van der Waals surface area contributed by atoms with Gasteiger partial charge in [-0.1, -0.05) is 43.0 Å². The molecule has 2 aromatic heterocycles. The third kappa shape index (κ3) is 4.48. The van der Waals surface area contributed by atoms with Gasteiger partial charge in [0.1, 0.15) is 23.5 Å². The maximum Gasteiger partial charge on any atom is 0.247 e. The molecule has 0 fully saturated rings. The Morgan fingerprint density at radius 3 is 2.43 bits per heavy atom. The molecular weight excluding hydrogens is 466 g/mol. The van der Waals surface area contributed by atoms with Crippen LogP contribution in [-0.2, 0) is 11.8 Å². The number of nitrogens with two attached hydrogens (primary N) is 1. The molecule has 3 aromatic carbocycles. The monoisotopic (exact) mass is 491 g/mol. The van der Waals surface area contributed by atoms with Crippen LogP contribution in [0, 0.1) is 0 Å². The number of methoxy groups -OCH3 is 1. The largest absolute Gasteiger partial charge is 0.493 e. The van der Waals surface area contributed by atoms with E-state index in [0.717, 1.165) is 27.8 Å². The molecule has 8 heteroatoms. The number of hydrogen-bond donors (Lipinski definition) is 2. The lowest BCUT2D eigenvalue weighted by atomic mass is 9.98. The van der Waals surface area contributed by atoms with Gasteiger partial charge in [0.05, 0.1) is 18.2 Å². The van der Waals surface area contributed by atoms with Gasteiger partial charge in [-0.05, 0) is 53.6 Å². The third-order valence-corrected chi connectivity index (χ3v) is 6.03. The van der Waals surface area contributed by atoms with E-state index >= 15 is 0 Å². The molecule has 0 aliphatic rings. The van der Waals surface area contributed by atoms with Crippen molar-refractivity contribution >= 4 is 28.4 Å². The Kier molecular flexibility index (Phi) is 6.30. The summed E-state index contributed by atoms with van der Waals surface area (Å²) in [6.07, 6.45) is 2.69. The predicted octanol–water partition coefficient (Wildman–Crippen LogP) is 5.81. The minimum Gasteiger partial charge on any atom is -0.493 e. The Morgan fingerprint density at radius 1 is 1.00 bits per heavy atom. The van der Waals surface area contributed by atoms with Crippen molar-refractivity contribution < 1.29 is 14.3 Å². The third-order valence-electron chi connectivity index (χ3n) is 6.03. The van der Waals surface area contributed by atoms with Gasteiger partial charge in [-0.3, -0.25) is 4.79 Å². The number of nitrogens with one attached hydrogen (secondary N) is 1. The van der Waals surface area contributed by atoms with E-state index in [9.17, 15) is 4.79 Å². The quantitative estimate of drug-likeness (QED) is 0.279. The van der Waals surface area contributed by atoms with Gasteiger partial charge in [0, 0.05) is 18.3 Å². The second kappa shape index (κ2) is 9.87. The number of nitrogen functional groups attached to an aromatic ring is 1. The molecule has 0 spiro atoms. The van der Waals surface area contributed by atoms with Gasteiger partial charge < -0.3 is 25.1 Å². The Hall–Kier alpha value is -5.11. The molecule has 0 atom stereocenters. The zero-order valence-electron chi connectivity index (χ0n) is 20.4. The SMILES string of the molecule is C=CC(=O)Nc1ccc(-c2c(-c3ccc(Oc4ccccc4)c(OC)c3)c3c(N)ncnc3n2C)cc1. The first-order valence-corrected chi connectivity index (χ1v) is 11.5. The summed E-state index contributed by atoms with van der Waals surface area (Å²) in [5.41, 5.74) is 11.3. The summed E-state index contributed by atoms with van der Waals surface area (Å²) in [5, 5.41) is 3.51. The minimum atomic E-state index is -0.272. The average Bonchev–Trinajstić information content (AvgIpc) is 3.23. The fourth-order valence-electron chi connectivity index (χ4n) is 4.32. The number of benzene rings is 3. The van der Waals surface area contributed by atoms with Crippen LogP contribution < -0.4 is 20.5 Å². The molecule has 0 saturated carbocycles. The number of anilines is 2. The number of carbonyl (C=O) groups is 1. The lowest BCUT2D eigenvalue weighted by molar-refractivity contribution is -0.111. The van der Waals surface area contributed by atoms with Crippen LogP contribution in [0.4, 0.5) is 11.5 Å². The number of fused-ring (bicyclic) bond motifs is 1. The Balaban J connectivity index is 1.66. The number of hydrogen-bond acceptors (Lipinski definition) is 6. The smallest absolute Gasteiger partial charge is 0.247 e. The molecule has 0 unspecified atom stereocenters. The summed E-state index contributed by atoms with van der Waals surface area (Å²) < 4.78 is 13.7. The lowest BCUT2D eigenvalue weighted by Gasteiger charge is -2.14. The van der Waals surface area contributed by atoms with Gasteiger partial charge in [0.2, 0.25) is 5.91 Å². The van der Waals surface area contributed by atoms with Crippen LogP contribution in [0.1, 0.15) is 0 Å². The molecule has 37 heavy (non-hydrogen) atoms. The van der Waals surface area contributed by atoms with Crippen LogP contribution in [0.2, 0.25) is 0 Å². The van der Waals surface area contributed by atoms with E-state index in [2.05, 4.69) is 21.9 Å². The molecule has 0 aliphatic carbocycles. The Labute approximate surface area is 214 Å². The normalized spacial score (nSPS) is 10.8. The molecule has 8 nitrogen and oxygen atoms in total. The van der Waals surface area contributed by atoms with Crippen molar-refractivity contribution in [3.63, 3.8) is 0 Å². The molecule has 0 saturated heterocycles. The highest BCUT2D eigenvalue weighted by molar-refractivity contribution is 6.08. The van der Waals surface area contributed by atoms with Crippen LogP contribution in [0.3, 0.4) is 0 Å².